The molecule has 1 aromatic carbocycles. The van der Waals surface area contributed by atoms with Gasteiger partial charge in [-0.1, -0.05) is 30.3 Å². The zero-order chi connectivity index (χ0) is 18.3. The maximum atomic E-state index is 12.0. The molecule has 1 aromatic heterocycles. The summed E-state index contributed by atoms with van der Waals surface area (Å²) >= 11 is 0. The van der Waals surface area contributed by atoms with E-state index in [1.807, 2.05) is 35.6 Å². The number of rotatable bonds is 6. The van der Waals surface area contributed by atoms with Gasteiger partial charge in [0, 0.05) is 0 Å². The van der Waals surface area contributed by atoms with Gasteiger partial charge in [0.05, 0.1) is 18.8 Å². The third-order valence-corrected chi connectivity index (χ3v) is 3.13. The fourth-order valence-corrected chi connectivity index (χ4v) is 2.07. The number of hydrogen-bond donors (Lipinski definition) is 3. The second kappa shape index (κ2) is 8.34. The van der Waals surface area contributed by atoms with Crippen LogP contribution in [0.3, 0.4) is 0 Å². The maximum Gasteiger partial charge on any atom is 0.405 e. The molecule has 0 radical (unpaired) electrons. The molecule has 25 heavy (non-hydrogen) atoms. The van der Waals surface area contributed by atoms with E-state index < -0.39 is 30.7 Å². The number of furan rings is 1. The van der Waals surface area contributed by atoms with E-state index in [1.165, 1.54) is 6.26 Å². The molecule has 9 heteroatoms. The first-order chi connectivity index (χ1) is 11.8. The van der Waals surface area contributed by atoms with Crippen LogP contribution in [0.2, 0.25) is 0 Å². The molecule has 1 atom stereocenters. The quantitative estimate of drug-likeness (QED) is 0.743. The zero-order valence-corrected chi connectivity index (χ0v) is 13.0. The van der Waals surface area contributed by atoms with Gasteiger partial charge in [0.25, 0.3) is 0 Å². The molecule has 3 N–H and O–H groups in total. The summed E-state index contributed by atoms with van der Waals surface area (Å²) in [5.74, 6) is -0.215. The number of halogens is 3. The molecular formula is C16H16F3N3O3. The number of hydrogen-bond acceptors (Lipinski definition) is 4. The predicted octanol–water partition coefficient (Wildman–Crippen LogP) is 2.35. The smallest absolute Gasteiger partial charge is 0.405 e. The van der Waals surface area contributed by atoms with Gasteiger partial charge in [-0.25, -0.2) is 4.79 Å². The number of alkyl halides is 3. The van der Waals surface area contributed by atoms with E-state index in [2.05, 4.69) is 5.32 Å². The van der Waals surface area contributed by atoms with Gasteiger partial charge >= 0.3 is 12.2 Å². The average Bonchev–Trinajstić information content (AvgIpc) is 3.08. The van der Waals surface area contributed by atoms with Gasteiger partial charge in [-0.2, -0.15) is 13.2 Å². The molecule has 6 nitrogen and oxygen atoms in total. The minimum absolute atomic E-state index is 0.292. The van der Waals surface area contributed by atoms with Gasteiger partial charge in [0.1, 0.15) is 12.3 Å². The van der Waals surface area contributed by atoms with Crippen LogP contribution >= 0.6 is 0 Å². The molecule has 0 aliphatic carbocycles. The number of carbonyl (C=O) groups is 2. The second-order valence-electron chi connectivity index (χ2n) is 5.09. The number of amides is 3. The Kier molecular flexibility index (Phi) is 6.18. The Morgan fingerprint density at radius 2 is 1.80 bits per heavy atom. The normalized spacial score (nSPS) is 12.4. The zero-order valence-electron chi connectivity index (χ0n) is 13.0. The molecule has 2 aromatic rings. The SMILES string of the molecule is O=C(CN[C@@H](c1ccccc1)c1ccco1)NC(=O)NCC(F)(F)F. The largest absolute Gasteiger partial charge is 0.467 e. The molecule has 0 saturated heterocycles. The Hall–Kier alpha value is -2.81. The van der Waals surface area contributed by atoms with Crippen LogP contribution in [-0.4, -0.2) is 31.2 Å². The van der Waals surface area contributed by atoms with Crippen molar-refractivity contribution in [2.75, 3.05) is 13.1 Å². The van der Waals surface area contributed by atoms with E-state index in [4.69, 9.17) is 4.42 Å². The number of urea groups is 1. The second-order valence-corrected chi connectivity index (χ2v) is 5.09. The third kappa shape index (κ3) is 6.30. The highest BCUT2D eigenvalue weighted by molar-refractivity contribution is 5.95. The van der Waals surface area contributed by atoms with Crippen LogP contribution in [0, 0.1) is 0 Å². The van der Waals surface area contributed by atoms with E-state index in [1.54, 1.807) is 17.4 Å². The molecule has 1 heterocycles. The van der Waals surface area contributed by atoms with Crippen molar-refractivity contribution in [3.63, 3.8) is 0 Å². The first kappa shape index (κ1) is 18.5. The fraction of sp³-hybridized carbons (Fsp3) is 0.250. The Morgan fingerprint density at radius 1 is 1.08 bits per heavy atom. The molecule has 0 spiro atoms. The maximum absolute atomic E-state index is 12.0. The first-order valence-electron chi connectivity index (χ1n) is 7.31. The summed E-state index contributed by atoms with van der Waals surface area (Å²) in [6, 6.07) is 10.9. The van der Waals surface area contributed by atoms with Crippen LogP contribution in [-0.2, 0) is 4.79 Å². The highest BCUT2D eigenvalue weighted by atomic mass is 19.4. The van der Waals surface area contributed by atoms with Gasteiger partial charge in [0.15, 0.2) is 0 Å². The van der Waals surface area contributed by atoms with E-state index in [0.29, 0.717) is 5.76 Å². The van der Waals surface area contributed by atoms with Crippen molar-refractivity contribution in [2.45, 2.75) is 12.2 Å². The lowest BCUT2D eigenvalue weighted by Gasteiger charge is -2.17. The van der Waals surface area contributed by atoms with Crippen molar-refractivity contribution in [1.82, 2.24) is 16.0 Å². The van der Waals surface area contributed by atoms with Crippen LogP contribution in [0.5, 0.6) is 0 Å². The van der Waals surface area contributed by atoms with Crippen molar-refractivity contribution in [3.8, 4) is 0 Å². The van der Waals surface area contributed by atoms with Crippen molar-refractivity contribution in [2.24, 2.45) is 0 Å². The monoisotopic (exact) mass is 355 g/mol. The number of benzene rings is 1. The standard InChI is InChI=1S/C16H16F3N3O3/c17-16(18,19)10-21-15(24)22-13(23)9-20-14(12-7-4-8-25-12)11-5-2-1-3-6-11/h1-8,14,20H,9-10H2,(H2,21,22,23,24)/t14-/m0/s1. The topological polar surface area (TPSA) is 83.4 Å². The van der Waals surface area contributed by atoms with Crippen LogP contribution in [0.15, 0.2) is 53.1 Å². The number of nitrogens with one attached hydrogen (secondary N) is 3. The molecule has 0 saturated carbocycles. The molecular weight excluding hydrogens is 339 g/mol. The predicted molar refractivity (Wildman–Crippen MR) is 82.6 cm³/mol. The Morgan fingerprint density at radius 3 is 2.40 bits per heavy atom. The summed E-state index contributed by atoms with van der Waals surface area (Å²) in [4.78, 5) is 23.0. The molecule has 0 aliphatic rings. The minimum Gasteiger partial charge on any atom is -0.467 e. The van der Waals surface area contributed by atoms with E-state index >= 15 is 0 Å². The van der Waals surface area contributed by atoms with E-state index in [9.17, 15) is 22.8 Å². The lowest BCUT2D eigenvalue weighted by Crippen LogP contribution is -2.46. The molecule has 134 valence electrons. The van der Waals surface area contributed by atoms with Crippen LogP contribution in [0.25, 0.3) is 0 Å². The van der Waals surface area contributed by atoms with Gasteiger partial charge in [-0.15, -0.1) is 0 Å². The summed E-state index contributed by atoms with van der Waals surface area (Å²) < 4.78 is 41.3. The van der Waals surface area contributed by atoms with Crippen LogP contribution in [0.1, 0.15) is 17.4 Å². The molecule has 2 rings (SSSR count). The highest BCUT2D eigenvalue weighted by Gasteiger charge is 2.28. The third-order valence-electron chi connectivity index (χ3n) is 3.13. The van der Waals surface area contributed by atoms with Gasteiger partial charge in [-0.05, 0) is 17.7 Å². The summed E-state index contributed by atoms with van der Waals surface area (Å²) in [5, 5.41) is 6.29. The number of carbonyl (C=O) groups excluding carboxylic acids is 2. The Balaban J connectivity index is 1.90. The van der Waals surface area contributed by atoms with Gasteiger partial charge in [-0.3, -0.25) is 15.4 Å². The first-order valence-corrected chi connectivity index (χ1v) is 7.31. The van der Waals surface area contributed by atoms with Gasteiger partial charge in [0.2, 0.25) is 5.91 Å². The van der Waals surface area contributed by atoms with Crippen molar-refractivity contribution in [3.05, 3.63) is 60.1 Å². The summed E-state index contributed by atoms with van der Waals surface area (Å²) in [6.07, 6.45) is -3.06. The van der Waals surface area contributed by atoms with E-state index in [0.717, 1.165) is 5.56 Å². The molecule has 0 aliphatic heterocycles. The lowest BCUT2D eigenvalue weighted by molar-refractivity contribution is -0.124. The Labute approximate surface area is 141 Å². The van der Waals surface area contributed by atoms with E-state index in [-0.39, 0.29) is 6.54 Å². The lowest BCUT2D eigenvalue weighted by atomic mass is 10.0. The molecule has 0 bridgehead atoms. The van der Waals surface area contributed by atoms with Crippen LogP contribution in [0.4, 0.5) is 18.0 Å². The average molecular weight is 355 g/mol. The Bertz CT molecular complexity index is 688. The van der Waals surface area contributed by atoms with Crippen LogP contribution < -0.4 is 16.0 Å². The molecule has 3 amide bonds. The highest BCUT2D eigenvalue weighted by Crippen LogP contribution is 2.21. The summed E-state index contributed by atoms with van der Waals surface area (Å²) in [6.45, 7) is -1.81. The summed E-state index contributed by atoms with van der Waals surface area (Å²) in [5.41, 5.74) is 0.826. The fourth-order valence-electron chi connectivity index (χ4n) is 2.07. The van der Waals surface area contributed by atoms with Crippen molar-refractivity contribution >= 4 is 11.9 Å². The van der Waals surface area contributed by atoms with Crippen molar-refractivity contribution in [1.29, 1.82) is 0 Å². The molecule has 0 fully saturated rings. The molecule has 0 unspecified atom stereocenters. The van der Waals surface area contributed by atoms with Crippen molar-refractivity contribution < 1.29 is 27.2 Å². The summed E-state index contributed by atoms with van der Waals surface area (Å²) in [7, 11) is 0. The minimum atomic E-state index is -4.55. The van der Waals surface area contributed by atoms with Gasteiger partial charge < -0.3 is 9.73 Å². The number of imide groups is 1.